The van der Waals surface area contributed by atoms with Gasteiger partial charge in [0, 0.05) is 44.0 Å². The van der Waals surface area contributed by atoms with E-state index < -0.39 is 140 Å². The summed E-state index contributed by atoms with van der Waals surface area (Å²) in [7, 11) is 2.60. The Kier molecular flexibility index (Phi) is 80.0. The largest absolute Gasteiger partial charge is 2.00 e. The van der Waals surface area contributed by atoms with Crippen LogP contribution in [-0.2, 0) is 62.0 Å². The molecule has 0 aromatic carbocycles. The van der Waals surface area contributed by atoms with Gasteiger partial charge in [0.25, 0.3) is 0 Å². The smallest absolute Gasteiger partial charge is 0.852 e. The van der Waals surface area contributed by atoms with Gasteiger partial charge in [-0.3, -0.25) is 0 Å². The minimum absolute atomic E-state index is 0. The molecule has 31 heteroatoms. The van der Waals surface area contributed by atoms with Crippen LogP contribution in [0.15, 0.2) is 0 Å². The van der Waals surface area contributed by atoms with Crippen molar-refractivity contribution in [1.29, 1.82) is 0 Å². The summed E-state index contributed by atoms with van der Waals surface area (Å²) < 4.78 is 25.6. The number of hydrogen-bond acceptors (Lipinski definition) is 25. The van der Waals surface area contributed by atoms with Crippen LogP contribution in [-0.4, -0.2) is 329 Å². The van der Waals surface area contributed by atoms with Crippen molar-refractivity contribution in [3.8, 4) is 0 Å². The SMILES string of the molecule is C=O.C=O.C=O.CCC(CC(CC(CC)C(=O)[O-])C(=O)[O-])C(=O)[O-].CCC([O-])CC([O-])CC([O-])CC.COC[C@@H]1O[C@@H](C(=O)[O-])[C@@H](COC[C@@H]2OC(C(=O)[O-])[C@@H](COC)[C@@H](O)C2O)C(O)C1O.[Ca+2].[Ca+2].[Ca+2].[Ca+2].[Na+].[Na+]. The third-order valence-electron chi connectivity index (χ3n) is 10.6. The van der Waals surface area contributed by atoms with Crippen LogP contribution in [0.5, 0.6) is 0 Å². The van der Waals surface area contributed by atoms with Crippen molar-refractivity contribution in [3.63, 3.8) is 0 Å². The monoisotopic (exact) mass is 1180 g/mol. The van der Waals surface area contributed by atoms with Gasteiger partial charge in [-0.05, 0) is 43.4 Å². The van der Waals surface area contributed by atoms with Crippen molar-refractivity contribution in [2.24, 2.45) is 29.6 Å². The molecule has 2 saturated heterocycles. The first-order valence-corrected chi connectivity index (χ1v) is 21.0. The van der Waals surface area contributed by atoms with E-state index in [2.05, 4.69) is 0 Å². The predicted octanol–water partition coefficient (Wildman–Crippen LogP) is -17.6. The van der Waals surface area contributed by atoms with E-state index in [9.17, 15) is 85.3 Å². The number of rotatable bonds is 25. The number of methoxy groups -OCH3 is 2. The van der Waals surface area contributed by atoms with E-state index in [1.807, 2.05) is 20.4 Å². The summed E-state index contributed by atoms with van der Waals surface area (Å²) in [5.41, 5.74) is 0. The summed E-state index contributed by atoms with van der Waals surface area (Å²) in [5.74, 6) is -12.6. The third-order valence-corrected chi connectivity index (χ3v) is 10.6. The summed E-state index contributed by atoms with van der Waals surface area (Å²) >= 11 is 0. The third kappa shape index (κ3) is 40.7. The Hall–Kier alpha value is 2.92. The van der Waals surface area contributed by atoms with Gasteiger partial charge in [-0.1, -0.05) is 53.4 Å². The molecule has 0 spiro atoms. The Bertz CT molecular complexity index is 1340. The van der Waals surface area contributed by atoms with Crippen LogP contribution >= 0.6 is 0 Å². The van der Waals surface area contributed by atoms with Gasteiger partial charge in [-0.15, -0.1) is 18.3 Å². The molecule has 8 unspecified atom stereocenters. The summed E-state index contributed by atoms with van der Waals surface area (Å²) in [6.45, 7) is 11.4. The fourth-order valence-corrected chi connectivity index (χ4v) is 6.68. The number of carboxylic acid groups (broad SMARTS) is 5. The Labute approximate surface area is 590 Å². The van der Waals surface area contributed by atoms with Crippen molar-refractivity contribution in [2.75, 3.05) is 40.6 Å². The normalized spacial score (nSPS) is 24.6. The van der Waals surface area contributed by atoms with E-state index in [0.717, 1.165) is 0 Å². The van der Waals surface area contributed by atoms with Crippen molar-refractivity contribution < 1.29 is 182 Å². The number of aliphatic hydroxyl groups excluding tert-OH is 4. The first-order valence-electron chi connectivity index (χ1n) is 21.0. The van der Waals surface area contributed by atoms with Gasteiger partial charge < -0.3 is 123 Å². The maximum atomic E-state index is 11.4. The number of aliphatic hydroxyl groups is 4. The van der Waals surface area contributed by atoms with Crippen LogP contribution in [0.4, 0.5) is 0 Å². The summed E-state index contributed by atoms with van der Waals surface area (Å²) in [5, 5.41) is 129. The molecule has 2 rings (SSSR count). The second kappa shape index (κ2) is 59.5. The number of ether oxygens (including phenoxy) is 5. The molecule has 14 atom stereocenters. The molecule has 25 nitrogen and oxygen atoms in total. The van der Waals surface area contributed by atoms with Crippen molar-refractivity contribution in [1.82, 2.24) is 0 Å². The molecule has 394 valence electrons. The second-order valence-corrected chi connectivity index (χ2v) is 15.1. The molecule has 2 heterocycles. The van der Waals surface area contributed by atoms with Crippen molar-refractivity contribution in [3.05, 3.63) is 0 Å². The molecular formula is C42H68Ca4Na2O25+2. The van der Waals surface area contributed by atoms with E-state index >= 15 is 0 Å². The maximum absolute atomic E-state index is 11.4. The first kappa shape index (κ1) is 98.1. The molecule has 0 radical (unpaired) electrons. The first-order chi connectivity index (χ1) is 31.6. The molecule has 0 aliphatic carbocycles. The molecule has 0 aromatic rings. The van der Waals surface area contributed by atoms with Crippen molar-refractivity contribution in [2.45, 2.75) is 146 Å². The van der Waals surface area contributed by atoms with Crippen LogP contribution in [0.2, 0.25) is 0 Å². The summed E-state index contributed by atoms with van der Waals surface area (Å²) in [4.78, 5) is 79.1. The van der Waals surface area contributed by atoms with Crippen LogP contribution in [0.3, 0.4) is 0 Å². The molecule has 4 N–H and O–H groups in total. The van der Waals surface area contributed by atoms with E-state index in [0.29, 0.717) is 12.8 Å². The average Bonchev–Trinajstić information content (AvgIpc) is 3.30. The quantitative estimate of drug-likeness (QED) is 0.0617. The topological polar surface area (TPSA) is 448 Å². The van der Waals surface area contributed by atoms with Gasteiger partial charge in [0.15, 0.2) is 0 Å². The molecule has 2 fully saturated rings. The minimum Gasteiger partial charge on any atom is -0.852 e. The fourth-order valence-electron chi connectivity index (χ4n) is 6.68. The molecule has 0 saturated carbocycles. The Morgan fingerprint density at radius 2 is 0.767 bits per heavy atom. The van der Waals surface area contributed by atoms with Gasteiger partial charge >= 0.3 is 210 Å². The zero-order valence-corrected chi connectivity index (χ0v) is 56.4. The standard InChI is InChI=1S/C18H30O13.C12H20O6.C9H17O3.3CH2O.4Ca.2Na/c1-27-3-7-11(19)14(22)10(31-15(7)17(23)24)6-29-4-8-12(20)13(21)9(5-28-2)30-16(8)18(25)26;1-3-7(10(13)14)5-9(12(17)18)6-8(4-2)11(15)16;1-3-7(10)5-9(12)6-8(11)4-2;3*1-2;;;;;;/h7-16,19-22H,3-6H2,1-2H3,(H,23,24)(H,25,26);7-9H,3-6H2,1-2H3,(H,13,14)(H,15,16)(H,17,18);7-9H,3-6H2,1-2H3;3*1H2;;;;;;/q;;-3;;;;4*+2;2*+1/p-5/t7-,8-,9-,10-,11+,12?,13?,14?,15?,16+;;;;;;;;;;;/m0.........../s1. The van der Waals surface area contributed by atoms with Crippen molar-refractivity contribution >= 4 is 201 Å². The number of carbonyl (C=O) groups is 8. The second-order valence-electron chi connectivity index (χ2n) is 15.1. The van der Waals surface area contributed by atoms with Gasteiger partial charge in [-0.2, -0.15) is 0 Å². The number of carboxylic acids is 5. The minimum atomic E-state index is -1.63. The summed E-state index contributed by atoms with van der Waals surface area (Å²) in [6.07, 6.45) is -12.9. The van der Waals surface area contributed by atoms with E-state index in [-0.39, 0.29) is 262 Å². The van der Waals surface area contributed by atoms with Gasteiger partial charge in [0.2, 0.25) is 0 Å². The van der Waals surface area contributed by atoms with Crippen LogP contribution in [0, 0.1) is 29.6 Å². The van der Waals surface area contributed by atoms with E-state index in [1.54, 1.807) is 27.7 Å². The van der Waals surface area contributed by atoms with Gasteiger partial charge in [0.05, 0.1) is 50.6 Å². The number of carbonyl (C=O) groups excluding carboxylic acids is 8. The van der Waals surface area contributed by atoms with Crippen LogP contribution < -0.4 is 100.0 Å². The van der Waals surface area contributed by atoms with Crippen LogP contribution in [0.1, 0.15) is 79.1 Å². The van der Waals surface area contributed by atoms with E-state index in [4.69, 9.17) is 38.1 Å². The molecule has 0 aromatic heterocycles. The van der Waals surface area contributed by atoms with E-state index in [1.165, 1.54) is 14.2 Å². The zero-order chi connectivity index (χ0) is 53.1. The fraction of sp³-hybridized carbons (Fsp3) is 0.810. The average molecular weight is 1180 g/mol. The van der Waals surface area contributed by atoms with Gasteiger partial charge in [-0.25, -0.2) is 0 Å². The Morgan fingerprint density at radius 1 is 0.466 bits per heavy atom. The molecule has 73 heavy (non-hydrogen) atoms. The van der Waals surface area contributed by atoms with Gasteiger partial charge in [0.1, 0.15) is 57.0 Å². The Balaban J connectivity index is -0.000000102. The predicted molar refractivity (Wildman–Crippen MR) is 234 cm³/mol. The maximum Gasteiger partial charge on any atom is 2.00 e. The Morgan fingerprint density at radius 3 is 1.03 bits per heavy atom. The molecular weight excluding hydrogens is 1110 g/mol. The molecule has 0 bridgehead atoms. The van der Waals surface area contributed by atoms with Crippen LogP contribution in [0.25, 0.3) is 0 Å². The number of aliphatic carboxylic acids is 5. The zero-order valence-electron chi connectivity index (χ0n) is 43.5. The molecule has 2 aliphatic rings. The summed E-state index contributed by atoms with van der Waals surface area (Å²) in [6, 6.07) is 0. The molecule has 2 aliphatic heterocycles. The molecule has 0 amide bonds. The number of hydrogen-bond donors (Lipinski definition) is 4.